The minimum absolute atomic E-state index is 0.0154. The van der Waals surface area contributed by atoms with E-state index in [0.29, 0.717) is 0 Å². The van der Waals surface area contributed by atoms with E-state index in [-0.39, 0.29) is 22.3 Å². The minimum atomic E-state index is -0.242. The Morgan fingerprint density at radius 2 is 1.28 bits per heavy atom. The summed E-state index contributed by atoms with van der Waals surface area (Å²) in [5.41, 5.74) is 0. The van der Waals surface area contributed by atoms with Crippen molar-refractivity contribution in [1.82, 2.24) is 0 Å². The molecule has 0 saturated carbocycles. The molecular formula is C14H24Cl2O2. The Morgan fingerprint density at radius 1 is 0.833 bits per heavy atom. The molecule has 0 bridgehead atoms. The second kappa shape index (κ2) is 10.8. The molecule has 0 aromatic carbocycles. The monoisotopic (exact) mass is 294 g/mol. The van der Waals surface area contributed by atoms with Gasteiger partial charge in [-0.1, -0.05) is 39.5 Å². The van der Waals surface area contributed by atoms with E-state index in [1.54, 1.807) is 0 Å². The Balaban J connectivity index is 3.85. The van der Waals surface area contributed by atoms with E-state index >= 15 is 0 Å². The fraction of sp³-hybridized carbons (Fsp3) is 0.857. The highest BCUT2D eigenvalue weighted by Crippen LogP contribution is 2.22. The molecule has 0 heterocycles. The summed E-state index contributed by atoms with van der Waals surface area (Å²) in [6.45, 7) is 4.07. The van der Waals surface area contributed by atoms with Crippen LogP contribution in [0, 0.1) is 11.8 Å². The highest BCUT2D eigenvalue weighted by Gasteiger charge is 2.17. The van der Waals surface area contributed by atoms with Gasteiger partial charge in [0, 0.05) is 11.8 Å². The van der Waals surface area contributed by atoms with Gasteiger partial charge < -0.3 is 0 Å². The van der Waals surface area contributed by atoms with Crippen molar-refractivity contribution in [2.75, 3.05) is 0 Å². The van der Waals surface area contributed by atoms with Crippen molar-refractivity contribution in [3.63, 3.8) is 0 Å². The molecule has 0 spiro atoms. The van der Waals surface area contributed by atoms with Gasteiger partial charge in [-0.2, -0.15) is 0 Å². The minimum Gasteiger partial charge on any atom is -0.281 e. The van der Waals surface area contributed by atoms with Gasteiger partial charge >= 0.3 is 0 Å². The van der Waals surface area contributed by atoms with Crippen molar-refractivity contribution in [1.29, 1.82) is 0 Å². The van der Waals surface area contributed by atoms with Crippen molar-refractivity contribution in [2.24, 2.45) is 11.8 Å². The largest absolute Gasteiger partial charge is 0.281 e. The molecule has 0 aromatic heterocycles. The molecule has 0 saturated heterocycles. The number of halogens is 2. The van der Waals surface area contributed by atoms with Crippen LogP contribution in [-0.2, 0) is 9.59 Å². The first-order chi connectivity index (χ1) is 8.52. The van der Waals surface area contributed by atoms with E-state index < -0.39 is 0 Å². The molecule has 0 fully saturated rings. The molecule has 0 N–H and O–H groups in total. The molecule has 2 atom stereocenters. The van der Waals surface area contributed by atoms with Crippen molar-refractivity contribution < 1.29 is 9.59 Å². The van der Waals surface area contributed by atoms with E-state index in [1.807, 2.05) is 6.92 Å². The molecular weight excluding hydrogens is 271 g/mol. The first kappa shape index (κ1) is 17.9. The van der Waals surface area contributed by atoms with Crippen LogP contribution in [0.2, 0.25) is 0 Å². The summed E-state index contributed by atoms with van der Waals surface area (Å²) in [5, 5.41) is -0.461. The standard InChI is InChI=1S/C14H24Cl2O2/c1-3-5-8-12(14(16)18)10-7-6-9-11(4-2)13(15)17/h11-12H,3-10H2,1-2H3. The zero-order chi connectivity index (χ0) is 14.0. The maximum atomic E-state index is 11.2. The van der Waals surface area contributed by atoms with Gasteiger partial charge in [0.05, 0.1) is 0 Å². The lowest BCUT2D eigenvalue weighted by molar-refractivity contribution is -0.116. The van der Waals surface area contributed by atoms with Crippen LogP contribution in [-0.4, -0.2) is 10.5 Å². The van der Waals surface area contributed by atoms with Crippen LogP contribution in [0.3, 0.4) is 0 Å². The molecule has 0 rings (SSSR count). The van der Waals surface area contributed by atoms with E-state index in [9.17, 15) is 9.59 Å². The Kier molecular flexibility index (Phi) is 10.8. The van der Waals surface area contributed by atoms with Gasteiger partial charge in [0.25, 0.3) is 0 Å². The van der Waals surface area contributed by atoms with Gasteiger partial charge in [0.15, 0.2) is 0 Å². The lowest BCUT2D eigenvalue weighted by Crippen LogP contribution is -2.10. The summed E-state index contributed by atoms with van der Waals surface area (Å²) >= 11 is 11.1. The maximum absolute atomic E-state index is 11.2. The Bertz CT molecular complexity index is 254. The summed E-state index contributed by atoms with van der Waals surface area (Å²) in [5.74, 6) is -0.0501. The predicted molar refractivity (Wildman–Crippen MR) is 77.0 cm³/mol. The van der Waals surface area contributed by atoms with Crippen LogP contribution in [0.1, 0.15) is 65.2 Å². The summed E-state index contributed by atoms with van der Waals surface area (Å²) in [7, 11) is 0. The Labute approximate surface area is 120 Å². The lowest BCUT2D eigenvalue weighted by atomic mass is 9.94. The molecule has 0 aliphatic carbocycles. The van der Waals surface area contributed by atoms with Crippen LogP contribution >= 0.6 is 23.2 Å². The molecule has 2 nitrogen and oxygen atoms in total. The van der Waals surface area contributed by atoms with Gasteiger partial charge in [-0.25, -0.2) is 0 Å². The van der Waals surface area contributed by atoms with E-state index in [0.717, 1.165) is 51.4 Å². The van der Waals surface area contributed by atoms with E-state index in [4.69, 9.17) is 23.2 Å². The number of hydrogen-bond acceptors (Lipinski definition) is 2. The van der Waals surface area contributed by atoms with Gasteiger partial charge in [0.2, 0.25) is 10.5 Å². The van der Waals surface area contributed by atoms with Crippen molar-refractivity contribution in [2.45, 2.75) is 65.2 Å². The van der Waals surface area contributed by atoms with E-state index in [1.165, 1.54) is 0 Å². The summed E-state index contributed by atoms with van der Waals surface area (Å²) in [4.78, 5) is 22.3. The highest BCUT2D eigenvalue weighted by molar-refractivity contribution is 6.64. The number of unbranched alkanes of at least 4 members (excludes halogenated alkanes) is 2. The van der Waals surface area contributed by atoms with Crippen LogP contribution in [0.5, 0.6) is 0 Å². The molecule has 18 heavy (non-hydrogen) atoms. The zero-order valence-electron chi connectivity index (χ0n) is 11.4. The molecule has 0 aromatic rings. The smallest absolute Gasteiger partial charge is 0.224 e. The van der Waals surface area contributed by atoms with Gasteiger partial charge in [0.1, 0.15) is 0 Å². The average molecular weight is 295 g/mol. The Morgan fingerprint density at radius 3 is 1.67 bits per heavy atom. The first-order valence-electron chi connectivity index (χ1n) is 6.91. The van der Waals surface area contributed by atoms with Gasteiger partial charge in [-0.05, 0) is 48.9 Å². The number of carbonyl (C=O) groups is 2. The van der Waals surface area contributed by atoms with Crippen molar-refractivity contribution in [3.05, 3.63) is 0 Å². The fourth-order valence-corrected chi connectivity index (χ4v) is 2.56. The number of carbonyl (C=O) groups excluding carboxylic acids is 2. The molecule has 0 radical (unpaired) electrons. The summed E-state index contributed by atoms with van der Waals surface area (Å²) < 4.78 is 0. The third kappa shape index (κ3) is 8.10. The quantitative estimate of drug-likeness (QED) is 0.401. The van der Waals surface area contributed by atoms with Crippen molar-refractivity contribution >= 4 is 33.7 Å². The fourth-order valence-electron chi connectivity index (χ4n) is 2.08. The third-order valence-electron chi connectivity index (χ3n) is 3.40. The van der Waals surface area contributed by atoms with Gasteiger partial charge in [-0.15, -0.1) is 0 Å². The second-order valence-electron chi connectivity index (χ2n) is 4.84. The van der Waals surface area contributed by atoms with Gasteiger partial charge in [-0.3, -0.25) is 9.59 Å². The zero-order valence-corrected chi connectivity index (χ0v) is 12.9. The SMILES string of the molecule is CCCCC(CCCCC(CC)C(=O)Cl)C(=O)Cl. The predicted octanol–water partition coefficient (Wildman–Crippen LogP) is 4.91. The molecule has 106 valence electrons. The highest BCUT2D eigenvalue weighted by atomic mass is 35.5. The third-order valence-corrected chi connectivity index (χ3v) is 4.01. The average Bonchev–Trinajstić information content (AvgIpc) is 2.31. The van der Waals surface area contributed by atoms with E-state index in [2.05, 4.69) is 6.92 Å². The first-order valence-corrected chi connectivity index (χ1v) is 7.67. The normalized spacial score (nSPS) is 14.2. The van der Waals surface area contributed by atoms with Crippen LogP contribution in [0.4, 0.5) is 0 Å². The second-order valence-corrected chi connectivity index (χ2v) is 5.58. The molecule has 4 heteroatoms. The number of rotatable bonds is 11. The molecule has 0 amide bonds. The summed E-state index contributed by atoms with van der Waals surface area (Å²) in [6.07, 6.45) is 7.31. The number of hydrogen-bond donors (Lipinski definition) is 0. The molecule has 0 aliphatic heterocycles. The molecule has 2 unspecified atom stereocenters. The van der Waals surface area contributed by atoms with Crippen LogP contribution in [0.15, 0.2) is 0 Å². The van der Waals surface area contributed by atoms with Crippen molar-refractivity contribution in [3.8, 4) is 0 Å². The molecule has 0 aliphatic rings. The summed E-state index contributed by atoms with van der Waals surface area (Å²) in [6, 6.07) is 0. The topological polar surface area (TPSA) is 34.1 Å². The lowest BCUT2D eigenvalue weighted by Gasteiger charge is -2.13. The van der Waals surface area contributed by atoms with Crippen LogP contribution < -0.4 is 0 Å². The Hall–Kier alpha value is -0.0800. The van der Waals surface area contributed by atoms with Crippen LogP contribution in [0.25, 0.3) is 0 Å². The maximum Gasteiger partial charge on any atom is 0.224 e.